The Balaban J connectivity index is 1.99. The van der Waals surface area contributed by atoms with Crippen LogP contribution in [0.15, 0.2) is 23.4 Å². The lowest BCUT2D eigenvalue weighted by atomic mass is 9.96. The molecule has 0 bridgehead atoms. The van der Waals surface area contributed by atoms with E-state index < -0.39 is 11.4 Å². The Labute approximate surface area is 122 Å². The Bertz CT molecular complexity index is 538. The molecule has 2 atom stereocenters. The molecule has 5 N–H and O–H groups in total. The largest absolute Gasteiger partial charge is 0.409 e. The summed E-state index contributed by atoms with van der Waals surface area (Å²) in [6.07, 6.45) is 0.338. The van der Waals surface area contributed by atoms with Crippen molar-refractivity contribution in [2.75, 3.05) is 13.2 Å². The Morgan fingerprint density at radius 2 is 2.33 bits per heavy atom. The van der Waals surface area contributed by atoms with E-state index in [9.17, 15) is 9.50 Å². The number of ether oxygens (including phenoxy) is 1. The van der Waals surface area contributed by atoms with Gasteiger partial charge in [0, 0.05) is 31.7 Å². The van der Waals surface area contributed by atoms with E-state index >= 15 is 0 Å². The highest BCUT2D eigenvalue weighted by Gasteiger charge is 2.38. The van der Waals surface area contributed by atoms with Gasteiger partial charge in [0.15, 0.2) is 5.84 Å². The van der Waals surface area contributed by atoms with Gasteiger partial charge in [0.05, 0.1) is 6.10 Å². The van der Waals surface area contributed by atoms with E-state index in [1.54, 1.807) is 6.07 Å². The summed E-state index contributed by atoms with van der Waals surface area (Å²) in [5, 5.41) is 24.9. The molecule has 1 fully saturated rings. The molecule has 1 aliphatic rings. The first-order valence-electron chi connectivity index (χ1n) is 6.77. The molecule has 1 heterocycles. The van der Waals surface area contributed by atoms with Gasteiger partial charge < -0.3 is 26.1 Å². The topological polar surface area (TPSA) is 100 Å². The average molecular weight is 297 g/mol. The minimum Gasteiger partial charge on any atom is -0.409 e. The summed E-state index contributed by atoms with van der Waals surface area (Å²) in [6, 6.07) is 4.18. The minimum absolute atomic E-state index is 0.146. The van der Waals surface area contributed by atoms with Crippen LogP contribution in [0.2, 0.25) is 0 Å². The predicted octanol–water partition coefficient (Wildman–Crippen LogP) is 0.550. The van der Waals surface area contributed by atoms with Crippen molar-refractivity contribution >= 4 is 5.84 Å². The quantitative estimate of drug-likeness (QED) is 0.275. The maximum Gasteiger partial charge on any atom is 0.170 e. The van der Waals surface area contributed by atoms with Crippen LogP contribution in [0.5, 0.6) is 0 Å². The lowest BCUT2D eigenvalue weighted by Crippen LogP contribution is -2.45. The fourth-order valence-corrected chi connectivity index (χ4v) is 2.38. The number of rotatable bonds is 5. The first-order chi connectivity index (χ1) is 9.94. The van der Waals surface area contributed by atoms with Gasteiger partial charge in [-0.15, -0.1) is 0 Å². The molecule has 0 radical (unpaired) electrons. The van der Waals surface area contributed by atoms with Crippen LogP contribution in [0.1, 0.15) is 24.5 Å². The van der Waals surface area contributed by atoms with Gasteiger partial charge in [-0.3, -0.25) is 0 Å². The number of benzene rings is 1. The third-order valence-corrected chi connectivity index (χ3v) is 3.78. The molecule has 1 aromatic rings. The molecule has 1 saturated heterocycles. The van der Waals surface area contributed by atoms with Crippen molar-refractivity contribution in [1.29, 1.82) is 0 Å². The van der Waals surface area contributed by atoms with E-state index in [-0.39, 0.29) is 11.9 Å². The first-order valence-corrected chi connectivity index (χ1v) is 6.77. The van der Waals surface area contributed by atoms with Gasteiger partial charge in [-0.1, -0.05) is 5.16 Å². The molecule has 0 aromatic heterocycles. The number of halogens is 1. The van der Waals surface area contributed by atoms with E-state index in [1.807, 2.05) is 6.92 Å². The maximum atomic E-state index is 13.5. The van der Waals surface area contributed by atoms with Gasteiger partial charge in [0.2, 0.25) is 0 Å². The van der Waals surface area contributed by atoms with Gasteiger partial charge in [-0.05, 0) is 30.7 Å². The van der Waals surface area contributed by atoms with Gasteiger partial charge in [-0.25, -0.2) is 4.39 Å². The van der Waals surface area contributed by atoms with Crippen LogP contribution >= 0.6 is 0 Å². The molecule has 116 valence electrons. The average Bonchev–Trinajstić information content (AvgIpc) is 2.77. The number of nitrogens with two attached hydrogens (primary N) is 1. The van der Waals surface area contributed by atoms with Crippen molar-refractivity contribution in [3.63, 3.8) is 0 Å². The molecule has 2 rings (SSSR count). The molecule has 0 amide bonds. The van der Waals surface area contributed by atoms with E-state index in [1.165, 1.54) is 12.1 Å². The van der Waals surface area contributed by atoms with Gasteiger partial charge in [0.1, 0.15) is 11.4 Å². The van der Waals surface area contributed by atoms with Gasteiger partial charge in [-0.2, -0.15) is 0 Å². The molecule has 2 unspecified atom stereocenters. The molecule has 0 spiro atoms. The molecule has 21 heavy (non-hydrogen) atoms. The monoisotopic (exact) mass is 297 g/mol. The Morgan fingerprint density at radius 1 is 1.57 bits per heavy atom. The van der Waals surface area contributed by atoms with Crippen LogP contribution in [0, 0.1) is 5.82 Å². The normalized spacial score (nSPS) is 26.2. The molecule has 1 aromatic carbocycles. The number of hydrogen-bond acceptors (Lipinski definition) is 5. The highest BCUT2D eigenvalue weighted by molar-refractivity contribution is 5.97. The Kier molecular flexibility index (Phi) is 4.76. The smallest absolute Gasteiger partial charge is 0.170 e. The zero-order chi connectivity index (χ0) is 15.5. The van der Waals surface area contributed by atoms with E-state index in [0.717, 1.165) is 0 Å². The number of aliphatic hydroxyl groups is 1. The maximum absolute atomic E-state index is 13.5. The number of nitrogens with zero attached hydrogens (tertiary/aromatic N) is 1. The molecule has 7 heteroatoms. The number of amidine groups is 1. The van der Waals surface area contributed by atoms with Crippen molar-refractivity contribution in [2.24, 2.45) is 10.9 Å². The number of oxime groups is 1. The number of nitrogens with one attached hydrogen (secondary N) is 1. The van der Waals surface area contributed by atoms with Crippen LogP contribution in [-0.4, -0.2) is 41.0 Å². The van der Waals surface area contributed by atoms with Crippen LogP contribution in [0.4, 0.5) is 4.39 Å². The highest BCUT2D eigenvalue weighted by Crippen LogP contribution is 2.24. The second-order valence-electron chi connectivity index (χ2n) is 5.30. The minimum atomic E-state index is -0.901. The fraction of sp³-hybridized carbons (Fsp3) is 0.500. The van der Waals surface area contributed by atoms with E-state index in [4.69, 9.17) is 15.7 Å². The summed E-state index contributed by atoms with van der Waals surface area (Å²) in [6.45, 7) is 3.07. The van der Waals surface area contributed by atoms with Crippen molar-refractivity contribution in [1.82, 2.24) is 5.32 Å². The molecule has 0 saturated carbocycles. The van der Waals surface area contributed by atoms with Crippen molar-refractivity contribution in [2.45, 2.75) is 31.6 Å². The zero-order valence-corrected chi connectivity index (χ0v) is 11.8. The SMILES string of the molecule is CC1OCCC1(O)CNCc1cc(F)cc(/C(N)=N/O)c1. The fourth-order valence-electron chi connectivity index (χ4n) is 2.38. The molecule has 6 nitrogen and oxygen atoms in total. The second-order valence-corrected chi connectivity index (χ2v) is 5.30. The summed E-state index contributed by atoms with van der Waals surface area (Å²) in [7, 11) is 0. The van der Waals surface area contributed by atoms with Crippen LogP contribution in [-0.2, 0) is 11.3 Å². The summed E-state index contributed by atoms with van der Waals surface area (Å²) in [5.74, 6) is -0.612. The van der Waals surface area contributed by atoms with Crippen LogP contribution < -0.4 is 11.1 Å². The van der Waals surface area contributed by atoms with Crippen molar-refractivity contribution < 1.29 is 19.4 Å². The Morgan fingerprint density at radius 3 is 2.95 bits per heavy atom. The van der Waals surface area contributed by atoms with E-state index in [2.05, 4.69) is 10.5 Å². The Hall–Kier alpha value is -1.70. The standard InChI is InChI=1S/C14H20FN3O3/c1-9-14(19,2-3-21-9)8-17-7-10-4-11(13(16)18-20)6-12(15)5-10/h4-6,9,17,19-20H,2-3,7-8H2,1H3,(H2,16,18). The molecule has 1 aliphatic heterocycles. The second kappa shape index (κ2) is 6.38. The summed E-state index contributed by atoms with van der Waals surface area (Å²) in [5.41, 5.74) is 5.51. The van der Waals surface area contributed by atoms with Crippen molar-refractivity contribution in [3.05, 3.63) is 35.1 Å². The zero-order valence-electron chi connectivity index (χ0n) is 11.8. The van der Waals surface area contributed by atoms with Crippen LogP contribution in [0.25, 0.3) is 0 Å². The summed E-state index contributed by atoms with van der Waals surface area (Å²) >= 11 is 0. The summed E-state index contributed by atoms with van der Waals surface area (Å²) < 4.78 is 18.8. The lowest BCUT2D eigenvalue weighted by Gasteiger charge is -2.26. The van der Waals surface area contributed by atoms with Crippen molar-refractivity contribution in [3.8, 4) is 0 Å². The molecular formula is C14H20FN3O3. The van der Waals surface area contributed by atoms with Gasteiger partial charge >= 0.3 is 0 Å². The third-order valence-electron chi connectivity index (χ3n) is 3.78. The first kappa shape index (κ1) is 15.7. The van der Waals surface area contributed by atoms with Crippen LogP contribution in [0.3, 0.4) is 0 Å². The molecule has 0 aliphatic carbocycles. The number of hydrogen-bond donors (Lipinski definition) is 4. The van der Waals surface area contributed by atoms with E-state index in [0.29, 0.717) is 37.2 Å². The third kappa shape index (κ3) is 3.69. The lowest BCUT2D eigenvalue weighted by molar-refractivity contribution is -0.0262. The predicted molar refractivity (Wildman–Crippen MR) is 75.6 cm³/mol. The van der Waals surface area contributed by atoms with Gasteiger partial charge in [0.25, 0.3) is 0 Å². The summed E-state index contributed by atoms with van der Waals surface area (Å²) in [4.78, 5) is 0. The molecular weight excluding hydrogens is 277 g/mol. The highest BCUT2D eigenvalue weighted by atomic mass is 19.1.